The van der Waals surface area contributed by atoms with Gasteiger partial charge in [-0.3, -0.25) is 0 Å². The first-order valence-corrected chi connectivity index (χ1v) is 7.48. The summed E-state index contributed by atoms with van der Waals surface area (Å²) in [7, 11) is 1.29. The van der Waals surface area contributed by atoms with E-state index in [1.165, 1.54) is 19.2 Å². The highest BCUT2D eigenvalue weighted by Crippen LogP contribution is 2.36. The largest absolute Gasteiger partial charge is 0.506 e. The van der Waals surface area contributed by atoms with Crippen LogP contribution in [0.4, 0.5) is 11.4 Å². The van der Waals surface area contributed by atoms with Crippen molar-refractivity contribution in [1.29, 1.82) is 0 Å². The number of esters is 1. The van der Waals surface area contributed by atoms with Gasteiger partial charge in [-0.05, 0) is 29.7 Å². The zero-order chi connectivity index (χ0) is 17.1. The van der Waals surface area contributed by atoms with Crippen molar-refractivity contribution in [3.05, 3.63) is 65.2 Å². The van der Waals surface area contributed by atoms with Crippen LogP contribution in [0.25, 0.3) is 10.8 Å². The molecule has 0 unspecified atom stereocenters. The minimum atomic E-state index is -0.539. The lowest BCUT2D eigenvalue weighted by molar-refractivity contribution is 0.0601. The lowest BCUT2D eigenvalue weighted by Gasteiger charge is -2.05. The fraction of sp³-hybridized carbons (Fsp3) is 0.0556. The number of hydrogen-bond donors (Lipinski definition) is 1. The molecule has 5 nitrogen and oxygen atoms in total. The average molecular weight is 341 g/mol. The van der Waals surface area contributed by atoms with Gasteiger partial charge >= 0.3 is 5.97 Å². The summed E-state index contributed by atoms with van der Waals surface area (Å²) in [5.41, 5.74) is 0.830. The van der Waals surface area contributed by atoms with Crippen LogP contribution in [-0.4, -0.2) is 18.2 Å². The smallest absolute Gasteiger partial charge is 0.340 e. The number of rotatable bonds is 3. The molecule has 6 heteroatoms. The molecule has 0 fully saturated rings. The molecule has 0 spiro atoms. The Labute approximate surface area is 143 Å². The van der Waals surface area contributed by atoms with Crippen LogP contribution in [0.2, 0.25) is 5.02 Å². The Morgan fingerprint density at radius 3 is 2.67 bits per heavy atom. The molecule has 0 aromatic heterocycles. The molecule has 120 valence electrons. The van der Waals surface area contributed by atoms with E-state index in [4.69, 9.17) is 16.3 Å². The number of phenolic OH excluding ortho intramolecular Hbond substituents is 1. The minimum absolute atomic E-state index is 0.000837. The quantitative estimate of drug-likeness (QED) is 0.512. The number of phenols is 1. The van der Waals surface area contributed by atoms with Crippen molar-refractivity contribution in [2.75, 3.05) is 7.11 Å². The van der Waals surface area contributed by atoms with Crippen molar-refractivity contribution in [2.24, 2.45) is 10.2 Å². The zero-order valence-electron chi connectivity index (χ0n) is 12.7. The summed E-state index contributed by atoms with van der Waals surface area (Å²) >= 11 is 5.97. The molecular weight excluding hydrogens is 328 g/mol. The van der Waals surface area contributed by atoms with Gasteiger partial charge < -0.3 is 9.84 Å². The molecule has 1 N–H and O–H groups in total. The third-order valence-corrected chi connectivity index (χ3v) is 3.74. The molecular formula is C18H13ClN2O3. The molecule has 3 aromatic carbocycles. The zero-order valence-corrected chi connectivity index (χ0v) is 13.5. The number of methoxy groups -OCH3 is 1. The maximum absolute atomic E-state index is 11.8. The molecule has 0 saturated heterocycles. The number of carbonyl (C=O) groups excluding carboxylic acids is 1. The van der Waals surface area contributed by atoms with Crippen LogP contribution >= 0.6 is 11.6 Å². The predicted octanol–water partition coefficient (Wildman–Crippen LogP) is 5.40. The van der Waals surface area contributed by atoms with Crippen molar-refractivity contribution in [1.82, 2.24) is 0 Å². The van der Waals surface area contributed by atoms with Gasteiger partial charge in [-0.15, -0.1) is 10.2 Å². The Balaban J connectivity index is 2.11. The molecule has 0 aliphatic carbocycles. The van der Waals surface area contributed by atoms with Crippen LogP contribution < -0.4 is 0 Å². The van der Waals surface area contributed by atoms with Gasteiger partial charge in [0, 0.05) is 10.4 Å². The van der Waals surface area contributed by atoms with Gasteiger partial charge in [-0.2, -0.15) is 0 Å². The SMILES string of the molecule is COC(=O)c1ccc(Cl)cc1N=Nc1c(O)ccc2ccccc12. The highest BCUT2D eigenvalue weighted by Gasteiger charge is 2.13. The summed E-state index contributed by atoms with van der Waals surface area (Å²) in [4.78, 5) is 11.8. The highest BCUT2D eigenvalue weighted by atomic mass is 35.5. The second kappa shape index (κ2) is 6.68. The predicted molar refractivity (Wildman–Crippen MR) is 92.6 cm³/mol. The molecule has 0 amide bonds. The van der Waals surface area contributed by atoms with E-state index >= 15 is 0 Å². The lowest BCUT2D eigenvalue weighted by Crippen LogP contribution is -2.01. The number of aromatic hydroxyl groups is 1. The van der Waals surface area contributed by atoms with Crippen molar-refractivity contribution >= 4 is 39.7 Å². The van der Waals surface area contributed by atoms with Gasteiger partial charge in [0.2, 0.25) is 0 Å². The van der Waals surface area contributed by atoms with E-state index in [1.807, 2.05) is 24.3 Å². The monoisotopic (exact) mass is 340 g/mol. The van der Waals surface area contributed by atoms with Crippen LogP contribution in [0.3, 0.4) is 0 Å². The van der Waals surface area contributed by atoms with Gasteiger partial charge in [0.1, 0.15) is 17.1 Å². The second-order valence-corrected chi connectivity index (χ2v) is 5.44. The number of nitrogens with zero attached hydrogens (tertiary/aromatic N) is 2. The van der Waals surface area contributed by atoms with Crippen LogP contribution in [0.1, 0.15) is 10.4 Å². The topological polar surface area (TPSA) is 71.2 Å². The van der Waals surface area contributed by atoms with Crippen LogP contribution in [0.5, 0.6) is 5.75 Å². The molecule has 0 saturated carbocycles. The molecule has 24 heavy (non-hydrogen) atoms. The van der Waals surface area contributed by atoms with Gasteiger partial charge in [0.25, 0.3) is 0 Å². The Morgan fingerprint density at radius 2 is 1.88 bits per heavy atom. The maximum Gasteiger partial charge on any atom is 0.340 e. The molecule has 3 rings (SSSR count). The van der Waals surface area contributed by atoms with E-state index in [9.17, 15) is 9.90 Å². The molecule has 0 bridgehead atoms. The molecule has 0 aliphatic rings. The number of halogens is 1. The fourth-order valence-corrected chi connectivity index (χ4v) is 2.49. The number of azo groups is 1. The molecule has 0 heterocycles. The van der Waals surface area contributed by atoms with Gasteiger partial charge in [0.15, 0.2) is 0 Å². The van der Waals surface area contributed by atoms with E-state index in [0.717, 1.165) is 10.8 Å². The summed E-state index contributed by atoms with van der Waals surface area (Å²) in [6.45, 7) is 0. The number of ether oxygens (including phenoxy) is 1. The van der Waals surface area contributed by atoms with E-state index < -0.39 is 5.97 Å². The van der Waals surface area contributed by atoms with Crippen molar-refractivity contribution in [3.8, 4) is 5.75 Å². The summed E-state index contributed by atoms with van der Waals surface area (Å²) in [6.07, 6.45) is 0. The van der Waals surface area contributed by atoms with E-state index in [0.29, 0.717) is 10.7 Å². The first-order valence-electron chi connectivity index (χ1n) is 7.10. The summed E-state index contributed by atoms with van der Waals surface area (Å²) in [5.74, 6) is -0.540. The Morgan fingerprint density at radius 1 is 1.08 bits per heavy atom. The summed E-state index contributed by atoms with van der Waals surface area (Å²) < 4.78 is 4.73. The van der Waals surface area contributed by atoms with Crippen LogP contribution in [0, 0.1) is 0 Å². The molecule has 0 aliphatic heterocycles. The van der Waals surface area contributed by atoms with Crippen molar-refractivity contribution < 1.29 is 14.6 Å². The number of fused-ring (bicyclic) bond motifs is 1. The fourth-order valence-electron chi connectivity index (χ4n) is 2.32. The third kappa shape index (κ3) is 3.07. The van der Waals surface area contributed by atoms with E-state index in [-0.39, 0.29) is 17.0 Å². The molecule has 3 aromatic rings. The number of benzene rings is 3. The lowest BCUT2D eigenvalue weighted by atomic mass is 10.1. The molecule has 0 atom stereocenters. The van der Waals surface area contributed by atoms with Crippen LogP contribution in [-0.2, 0) is 4.74 Å². The Kier molecular flexibility index (Phi) is 4.44. The highest BCUT2D eigenvalue weighted by molar-refractivity contribution is 6.31. The first-order chi connectivity index (χ1) is 11.6. The Hall–Kier alpha value is -2.92. The average Bonchev–Trinajstić information content (AvgIpc) is 2.60. The van der Waals surface area contributed by atoms with Gasteiger partial charge in [-0.25, -0.2) is 4.79 Å². The minimum Gasteiger partial charge on any atom is -0.506 e. The van der Waals surface area contributed by atoms with E-state index in [2.05, 4.69) is 10.2 Å². The normalized spacial score (nSPS) is 11.1. The Bertz CT molecular complexity index is 954. The maximum atomic E-state index is 11.8. The van der Waals surface area contributed by atoms with Gasteiger partial charge in [0.05, 0.1) is 12.7 Å². The number of hydrogen-bond acceptors (Lipinski definition) is 5. The van der Waals surface area contributed by atoms with E-state index in [1.54, 1.807) is 18.2 Å². The second-order valence-electron chi connectivity index (χ2n) is 5.01. The van der Waals surface area contributed by atoms with Crippen LogP contribution in [0.15, 0.2) is 64.8 Å². The first kappa shape index (κ1) is 16.0. The van der Waals surface area contributed by atoms with Crippen molar-refractivity contribution in [2.45, 2.75) is 0 Å². The number of carbonyl (C=O) groups is 1. The van der Waals surface area contributed by atoms with Gasteiger partial charge in [-0.1, -0.05) is 41.9 Å². The standard InChI is InChI=1S/C18H13ClN2O3/c1-24-18(23)14-8-7-12(19)10-15(14)20-21-17-13-5-3-2-4-11(13)6-9-16(17)22/h2-10,22H,1H3. The summed E-state index contributed by atoms with van der Waals surface area (Å²) in [6, 6.07) is 15.4. The third-order valence-electron chi connectivity index (χ3n) is 3.50. The summed E-state index contributed by atoms with van der Waals surface area (Å²) in [5, 5.41) is 20.4. The molecule has 0 radical (unpaired) electrons. The van der Waals surface area contributed by atoms with Crippen molar-refractivity contribution in [3.63, 3.8) is 0 Å².